The second-order valence-electron chi connectivity index (χ2n) is 6.79. The zero-order chi connectivity index (χ0) is 21.0. The van der Waals surface area contributed by atoms with E-state index < -0.39 is 28.9 Å². The normalized spacial score (nSPS) is 10.8. The smallest absolute Gasteiger partial charge is 0.258 e. The van der Waals surface area contributed by atoms with Crippen LogP contribution in [0.25, 0.3) is 0 Å². The van der Waals surface area contributed by atoms with E-state index in [2.05, 4.69) is 15.2 Å². The lowest BCUT2D eigenvalue weighted by molar-refractivity contribution is 0.102. The van der Waals surface area contributed by atoms with Gasteiger partial charge in [-0.1, -0.05) is 30.3 Å². The Labute approximate surface area is 167 Å². The summed E-state index contributed by atoms with van der Waals surface area (Å²) in [4.78, 5) is 18.7. The highest BCUT2D eigenvalue weighted by molar-refractivity contribution is 6.04. The summed E-state index contributed by atoms with van der Waals surface area (Å²) in [7, 11) is 0. The third kappa shape index (κ3) is 4.74. The molecule has 3 rings (SSSR count). The second kappa shape index (κ2) is 8.77. The third-order valence-electron chi connectivity index (χ3n) is 4.40. The molecule has 1 N–H and O–H groups in total. The largest absolute Gasteiger partial charge is 0.350 e. The number of hydrogen-bond acceptors (Lipinski definition) is 3. The molecule has 0 aliphatic heterocycles. The van der Waals surface area contributed by atoms with Gasteiger partial charge in [0.2, 0.25) is 0 Å². The zero-order valence-electron chi connectivity index (χ0n) is 16.0. The van der Waals surface area contributed by atoms with Gasteiger partial charge in [0.05, 0.1) is 17.4 Å². The van der Waals surface area contributed by atoms with Crippen LogP contribution in [0.3, 0.4) is 0 Å². The molecule has 1 aromatic heterocycles. The van der Waals surface area contributed by atoms with Crippen molar-refractivity contribution in [2.45, 2.75) is 26.4 Å². The molecule has 0 atom stereocenters. The molecule has 0 unspecified atom stereocenters. The molecule has 0 spiro atoms. The lowest BCUT2D eigenvalue weighted by Gasteiger charge is -2.28. The van der Waals surface area contributed by atoms with Crippen molar-refractivity contribution < 1.29 is 18.0 Å². The van der Waals surface area contributed by atoms with Crippen molar-refractivity contribution in [2.24, 2.45) is 0 Å². The zero-order valence-corrected chi connectivity index (χ0v) is 16.0. The molecule has 4 nitrogen and oxygen atoms in total. The van der Waals surface area contributed by atoms with Crippen LogP contribution in [-0.2, 0) is 6.54 Å². The van der Waals surface area contributed by atoms with Crippen molar-refractivity contribution in [3.05, 3.63) is 89.4 Å². The van der Waals surface area contributed by atoms with Crippen LogP contribution < -0.4 is 10.2 Å². The number of benzene rings is 2. The summed E-state index contributed by atoms with van der Waals surface area (Å²) >= 11 is 0. The molecular formula is C22H20F3N3O. The van der Waals surface area contributed by atoms with Crippen LogP contribution in [0.5, 0.6) is 0 Å². The summed E-state index contributed by atoms with van der Waals surface area (Å²) in [5, 5.41) is 2.44. The number of aromatic nitrogens is 1. The van der Waals surface area contributed by atoms with E-state index in [4.69, 9.17) is 0 Å². The maximum Gasteiger partial charge on any atom is 0.258 e. The Morgan fingerprint density at radius 2 is 1.72 bits per heavy atom. The molecule has 1 amide bonds. The van der Waals surface area contributed by atoms with Gasteiger partial charge in [0.1, 0.15) is 5.82 Å². The molecule has 0 aliphatic carbocycles. The van der Waals surface area contributed by atoms with Crippen LogP contribution in [0.15, 0.2) is 60.8 Å². The van der Waals surface area contributed by atoms with Crippen molar-refractivity contribution in [3.8, 4) is 0 Å². The minimum atomic E-state index is -1.68. The highest BCUT2D eigenvalue weighted by Crippen LogP contribution is 2.21. The average Bonchev–Trinajstić information content (AvgIpc) is 2.71. The van der Waals surface area contributed by atoms with Crippen molar-refractivity contribution in [1.29, 1.82) is 0 Å². The average molecular weight is 399 g/mol. The fraction of sp³-hybridized carbons (Fsp3) is 0.182. The SMILES string of the molecule is CC(C)N(Cc1ccccc1)c1ccc(NC(=O)c2ccc(F)c(F)c2F)cn1. The van der Waals surface area contributed by atoms with Crippen LogP contribution in [0.1, 0.15) is 29.8 Å². The first-order valence-corrected chi connectivity index (χ1v) is 9.08. The summed E-state index contributed by atoms with van der Waals surface area (Å²) in [5.74, 6) is -4.74. The first-order chi connectivity index (χ1) is 13.9. The molecule has 3 aromatic rings. The monoisotopic (exact) mass is 399 g/mol. The standard InChI is InChI=1S/C22H20F3N3O/c1-14(2)28(13-15-6-4-3-5-7-15)19-11-8-16(12-26-19)27-22(29)17-9-10-18(23)21(25)20(17)24/h3-12,14H,13H2,1-2H3,(H,27,29). The Hall–Kier alpha value is -3.35. The van der Waals surface area contributed by atoms with E-state index in [-0.39, 0.29) is 6.04 Å². The minimum absolute atomic E-state index is 0.180. The Bertz CT molecular complexity index is 992. The minimum Gasteiger partial charge on any atom is -0.350 e. The van der Waals surface area contributed by atoms with Gasteiger partial charge in [0, 0.05) is 12.6 Å². The number of pyridine rings is 1. The summed E-state index contributed by atoms with van der Waals surface area (Å²) in [6.07, 6.45) is 1.44. The molecule has 2 aromatic carbocycles. The molecular weight excluding hydrogens is 379 g/mol. The number of anilines is 2. The summed E-state index contributed by atoms with van der Waals surface area (Å²) in [6, 6.07) is 15.1. The van der Waals surface area contributed by atoms with Gasteiger partial charge < -0.3 is 10.2 Å². The van der Waals surface area contributed by atoms with E-state index >= 15 is 0 Å². The Balaban J connectivity index is 1.75. The van der Waals surface area contributed by atoms with Crippen LogP contribution in [0.2, 0.25) is 0 Å². The molecule has 29 heavy (non-hydrogen) atoms. The van der Waals surface area contributed by atoms with Crippen LogP contribution in [0, 0.1) is 17.5 Å². The van der Waals surface area contributed by atoms with E-state index in [1.165, 1.54) is 6.20 Å². The molecule has 0 aliphatic rings. The number of rotatable bonds is 6. The molecule has 0 saturated heterocycles. The number of halogens is 3. The van der Waals surface area contributed by atoms with Crippen LogP contribution in [0.4, 0.5) is 24.7 Å². The number of carbonyl (C=O) groups excluding carboxylic acids is 1. The number of hydrogen-bond donors (Lipinski definition) is 1. The van der Waals surface area contributed by atoms with E-state index in [0.29, 0.717) is 24.1 Å². The molecule has 7 heteroatoms. The predicted octanol–water partition coefficient (Wildman–Crippen LogP) is 5.17. The highest BCUT2D eigenvalue weighted by Gasteiger charge is 2.19. The number of carbonyl (C=O) groups is 1. The van der Waals surface area contributed by atoms with Gasteiger partial charge in [-0.05, 0) is 43.7 Å². The maximum atomic E-state index is 13.8. The van der Waals surface area contributed by atoms with Gasteiger partial charge in [-0.25, -0.2) is 18.2 Å². The molecule has 0 saturated carbocycles. The Morgan fingerprint density at radius 3 is 2.34 bits per heavy atom. The van der Waals surface area contributed by atoms with Crippen molar-refractivity contribution in [2.75, 3.05) is 10.2 Å². The Kier molecular flexibility index (Phi) is 6.16. The van der Waals surface area contributed by atoms with Crippen molar-refractivity contribution in [1.82, 2.24) is 4.98 Å². The van der Waals surface area contributed by atoms with E-state index in [1.54, 1.807) is 12.1 Å². The molecule has 0 bridgehead atoms. The van der Waals surface area contributed by atoms with Crippen molar-refractivity contribution in [3.63, 3.8) is 0 Å². The van der Waals surface area contributed by atoms with Gasteiger partial charge in [0.25, 0.3) is 5.91 Å². The fourth-order valence-electron chi connectivity index (χ4n) is 2.84. The van der Waals surface area contributed by atoms with Gasteiger partial charge in [0.15, 0.2) is 17.5 Å². The summed E-state index contributed by atoms with van der Waals surface area (Å²) in [6.45, 7) is 4.76. The number of nitrogens with one attached hydrogen (secondary N) is 1. The van der Waals surface area contributed by atoms with E-state index in [1.807, 2.05) is 44.2 Å². The quantitative estimate of drug-likeness (QED) is 0.582. The van der Waals surface area contributed by atoms with Crippen LogP contribution >= 0.6 is 0 Å². The first kappa shape index (κ1) is 20.4. The third-order valence-corrected chi connectivity index (χ3v) is 4.40. The van der Waals surface area contributed by atoms with E-state index in [0.717, 1.165) is 11.6 Å². The van der Waals surface area contributed by atoms with Gasteiger partial charge in [-0.2, -0.15) is 0 Å². The topological polar surface area (TPSA) is 45.2 Å². The van der Waals surface area contributed by atoms with Crippen LogP contribution in [-0.4, -0.2) is 16.9 Å². The number of amides is 1. The fourth-order valence-corrected chi connectivity index (χ4v) is 2.84. The van der Waals surface area contributed by atoms with Gasteiger partial charge >= 0.3 is 0 Å². The lowest BCUT2D eigenvalue weighted by atomic mass is 10.1. The number of nitrogens with zero attached hydrogens (tertiary/aromatic N) is 2. The molecule has 150 valence electrons. The summed E-state index contributed by atoms with van der Waals surface area (Å²) < 4.78 is 40.2. The van der Waals surface area contributed by atoms with Gasteiger partial charge in [-0.15, -0.1) is 0 Å². The molecule has 1 heterocycles. The highest BCUT2D eigenvalue weighted by atomic mass is 19.2. The Morgan fingerprint density at radius 1 is 1.00 bits per heavy atom. The summed E-state index contributed by atoms with van der Waals surface area (Å²) in [5.41, 5.74) is 0.862. The maximum absolute atomic E-state index is 13.8. The van der Waals surface area contributed by atoms with E-state index in [9.17, 15) is 18.0 Å². The first-order valence-electron chi connectivity index (χ1n) is 9.08. The van der Waals surface area contributed by atoms with Crippen molar-refractivity contribution >= 4 is 17.4 Å². The van der Waals surface area contributed by atoms with Gasteiger partial charge in [-0.3, -0.25) is 4.79 Å². The molecule has 0 radical (unpaired) electrons. The predicted molar refractivity (Wildman–Crippen MR) is 106 cm³/mol. The molecule has 0 fully saturated rings. The second-order valence-corrected chi connectivity index (χ2v) is 6.79. The lowest BCUT2D eigenvalue weighted by Crippen LogP contribution is -2.30.